The highest BCUT2D eigenvalue weighted by molar-refractivity contribution is 6.30. The molecule has 2 aromatic rings. The third kappa shape index (κ3) is 3.71. The number of hydrogen-bond acceptors (Lipinski definition) is 3. The summed E-state index contributed by atoms with van der Waals surface area (Å²) in [6.45, 7) is 0.462. The lowest BCUT2D eigenvalue weighted by Gasteiger charge is -2.50. The second kappa shape index (κ2) is 8.27. The van der Waals surface area contributed by atoms with E-state index in [1.54, 1.807) is 6.07 Å². The third-order valence-corrected chi connectivity index (χ3v) is 6.09. The molecule has 1 aliphatic carbocycles. The maximum absolute atomic E-state index is 14.4. The SMILES string of the molecule is Cl.NC(=O)COc1cc2c(cc1F)CCNC2C1(c2ccc(Cl)cc2)CCC1. The minimum atomic E-state index is -0.626. The molecule has 1 saturated carbocycles. The number of ether oxygens (including phenoxy) is 1. The minimum absolute atomic E-state index is 0. The summed E-state index contributed by atoms with van der Waals surface area (Å²) in [5, 5.41) is 4.36. The molecule has 28 heavy (non-hydrogen) atoms. The number of benzene rings is 2. The van der Waals surface area contributed by atoms with Crippen LogP contribution < -0.4 is 15.8 Å². The first-order valence-corrected chi connectivity index (χ1v) is 9.60. The zero-order chi connectivity index (χ0) is 19.0. The summed E-state index contributed by atoms with van der Waals surface area (Å²) in [5.74, 6) is -1.00. The highest BCUT2D eigenvalue weighted by Gasteiger charge is 2.47. The van der Waals surface area contributed by atoms with Gasteiger partial charge in [0.25, 0.3) is 5.91 Å². The van der Waals surface area contributed by atoms with E-state index in [4.69, 9.17) is 22.1 Å². The zero-order valence-corrected chi connectivity index (χ0v) is 16.9. The van der Waals surface area contributed by atoms with Gasteiger partial charge in [-0.05, 0) is 66.8 Å². The Morgan fingerprint density at radius 3 is 2.61 bits per heavy atom. The molecule has 4 nitrogen and oxygen atoms in total. The fourth-order valence-electron chi connectivity index (χ4n) is 4.39. The molecule has 0 spiro atoms. The number of primary amides is 1. The Bertz CT molecular complexity index is 869. The Balaban J connectivity index is 0.00000225. The van der Waals surface area contributed by atoms with Crippen molar-refractivity contribution in [2.45, 2.75) is 37.1 Å². The zero-order valence-electron chi connectivity index (χ0n) is 15.3. The summed E-state index contributed by atoms with van der Waals surface area (Å²) in [7, 11) is 0. The fourth-order valence-corrected chi connectivity index (χ4v) is 4.52. The van der Waals surface area contributed by atoms with Gasteiger partial charge in [0, 0.05) is 16.5 Å². The highest BCUT2D eigenvalue weighted by atomic mass is 35.5. The van der Waals surface area contributed by atoms with E-state index in [1.165, 1.54) is 11.6 Å². The van der Waals surface area contributed by atoms with Gasteiger partial charge >= 0.3 is 0 Å². The largest absolute Gasteiger partial charge is 0.481 e. The van der Waals surface area contributed by atoms with E-state index in [-0.39, 0.29) is 36.2 Å². The number of nitrogens with one attached hydrogen (secondary N) is 1. The van der Waals surface area contributed by atoms with Crippen molar-refractivity contribution >= 4 is 29.9 Å². The van der Waals surface area contributed by atoms with Gasteiger partial charge < -0.3 is 15.8 Å². The van der Waals surface area contributed by atoms with Gasteiger partial charge in [-0.2, -0.15) is 0 Å². The molecule has 0 saturated heterocycles. The van der Waals surface area contributed by atoms with Gasteiger partial charge in [0.2, 0.25) is 0 Å². The van der Waals surface area contributed by atoms with Crippen LogP contribution in [0.4, 0.5) is 4.39 Å². The molecule has 2 aliphatic rings. The normalized spacial score (nSPS) is 19.7. The molecular formula is C21H23Cl2FN2O2. The Labute approximate surface area is 175 Å². The number of halogens is 3. The van der Waals surface area contributed by atoms with Gasteiger partial charge in [0.05, 0.1) is 0 Å². The maximum atomic E-state index is 14.4. The molecule has 1 atom stereocenters. The van der Waals surface area contributed by atoms with Crippen molar-refractivity contribution in [1.82, 2.24) is 5.32 Å². The number of amides is 1. The smallest absolute Gasteiger partial charge is 0.255 e. The Kier molecular flexibility index (Phi) is 6.18. The van der Waals surface area contributed by atoms with E-state index in [2.05, 4.69) is 17.4 Å². The molecule has 0 aromatic heterocycles. The highest BCUT2D eigenvalue weighted by Crippen LogP contribution is 2.54. The van der Waals surface area contributed by atoms with Crippen LogP contribution in [0.25, 0.3) is 0 Å². The Morgan fingerprint density at radius 2 is 2.00 bits per heavy atom. The molecule has 4 rings (SSSR count). The monoisotopic (exact) mass is 424 g/mol. The van der Waals surface area contributed by atoms with Crippen LogP contribution in [0.15, 0.2) is 36.4 Å². The van der Waals surface area contributed by atoms with Crippen LogP contribution in [0.3, 0.4) is 0 Å². The van der Waals surface area contributed by atoms with Crippen molar-refractivity contribution in [3.63, 3.8) is 0 Å². The van der Waals surface area contributed by atoms with E-state index in [0.717, 1.165) is 48.4 Å². The summed E-state index contributed by atoms with van der Waals surface area (Å²) in [6.07, 6.45) is 4.03. The van der Waals surface area contributed by atoms with E-state index in [9.17, 15) is 9.18 Å². The van der Waals surface area contributed by atoms with Crippen LogP contribution in [0.5, 0.6) is 5.75 Å². The Hall–Kier alpha value is -1.82. The van der Waals surface area contributed by atoms with Gasteiger partial charge in [-0.15, -0.1) is 12.4 Å². The topological polar surface area (TPSA) is 64.4 Å². The standard InChI is InChI=1S/C21H22ClFN2O2.ClH/c22-15-4-2-14(3-5-15)21(7-1-8-21)20-16-11-18(27-12-19(24)26)17(23)10-13(16)6-9-25-20;/h2-5,10-11,20,25H,1,6-9,12H2,(H2,24,26);1H. The van der Waals surface area contributed by atoms with Crippen LogP contribution in [-0.4, -0.2) is 19.1 Å². The lowest BCUT2D eigenvalue weighted by molar-refractivity contribution is -0.120. The van der Waals surface area contributed by atoms with Crippen molar-refractivity contribution in [3.8, 4) is 5.75 Å². The van der Waals surface area contributed by atoms with Crippen LogP contribution in [-0.2, 0) is 16.6 Å². The van der Waals surface area contributed by atoms with Gasteiger partial charge in [0.15, 0.2) is 18.2 Å². The molecule has 0 radical (unpaired) electrons. The number of carbonyl (C=O) groups is 1. The lowest BCUT2D eigenvalue weighted by atomic mass is 9.58. The van der Waals surface area contributed by atoms with E-state index in [0.29, 0.717) is 0 Å². The number of fused-ring (bicyclic) bond motifs is 1. The molecule has 1 fully saturated rings. The van der Waals surface area contributed by atoms with Crippen molar-refractivity contribution in [1.29, 1.82) is 0 Å². The maximum Gasteiger partial charge on any atom is 0.255 e. The molecule has 1 heterocycles. The number of rotatable bonds is 5. The van der Waals surface area contributed by atoms with Gasteiger partial charge in [0.1, 0.15) is 0 Å². The molecule has 1 unspecified atom stereocenters. The first kappa shape index (κ1) is 20.9. The van der Waals surface area contributed by atoms with Crippen LogP contribution in [0, 0.1) is 5.82 Å². The molecule has 150 valence electrons. The van der Waals surface area contributed by atoms with Crippen molar-refractivity contribution in [2.75, 3.05) is 13.2 Å². The van der Waals surface area contributed by atoms with E-state index >= 15 is 0 Å². The van der Waals surface area contributed by atoms with Crippen LogP contribution in [0.2, 0.25) is 5.02 Å². The number of carbonyl (C=O) groups excluding carboxylic acids is 1. The summed E-state index contributed by atoms with van der Waals surface area (Å²) in [4.78, 5) is 11.0. The third-order valence-electron chi connectivity index (χ3n) is 5.83. The molecule has 0 bridgehead atoms. The quantitative estimate of drug-likeness (QED) is 0.759. The number of hydrogen-bond donors (Lipinski definition) is 2. The van der Waals surface area contributed by atoms with Crippen LogP contribution >= 0.6 is 24.0 Å². The van der Waals surface area contributed by atoms with Crippen LogP contribution in [0.1, 0.15) is 42.0 Å². The van der Waals surface area contributed by atoms with Crippen molar-refractivity contribution < 1.29 is 13.9 Å². The summed E-state index contributed by atoms with van der Waals surface area (Å²) < 4.78 is 19.7. The minimum Gasteiger partial charge on any atom is -0.481 e. The van der Waals surface area contributed by atoms with Gasteiger partial charge in [-0.25, -0.2) is 4.39 Å². The molecule has 1 amide bonds. The summed E-state index contributed by atoms with van der Waals surface area (Å²) >= 11 is 6.08. The molecule has 3 N–H and O–H groups in total. The second-order valence-corrected chi connectivity index (χ2v) is 7.83. The molecular weight excluding hydrogens is 402 g/mol. The van der Waals surface area contributed by atoms with Gasteiger partial charge in [-0.3, -0.25) is 4.79 Å². The predicted molar refractivity (Wildman–Crippen MR) is 110 cm³/mol. The first-order valence-electron chi connectivity index (χ1n) is 9.22. The average Bonchev–Trinajstić information content (AvgIpc) is 2.60. The van der Waals surface area contributed by atoms with Crippen molar-refractivity contribution in [3.05, 3.63) is 63.9 Å². The molecule has 1 aliphatic heterocycles. The fraction of sp³-hybridized carbons (Fsp3) is 0.381. The summed E-state index contributed by atoms with van der Waals surface area (Å²) in [6, 6.07) is 11.4. The van der Waals surface area contributed by atoms with E-state index < -0.39 is 11.7 Å². The molecule has 7 heteroatoms. The second-order valence-electron chi connectivity index (χ2n) is 7.39. The first-order chi connectivity index (χ1) is 13.0. The van der Waals surface area contributed by atoms with Gasteiger partial charge in [-0.1, -0.05) is 30.2 Å². The van der Waals surface area contributed by atoms with E-state index in [1.807, 2.05) is 12.1 Å². The average molecular weight is 425 g/mol. The summed E-state index contributed by atoms with van der Waals surface area (Å²) in [5.41, 5.74) is 8.36. The Morgan fingerprint density at radius 1 is 1.29 bits per heavy atom. The number of nitrogens with two attached hydrogens (primary N) is 1. The predicted octanol–water partition coefficient (Wildman–Crippen LogP) is 4.07. The lowest BCUT2D eigenvalue weighted by Crippen LogP contribution is -2.49. The molecule has 2 aromatic carbocycles. The van der Waals surface area contributed by atoms with Crippen molar-refractivity contribution in [2.24, 2.45) is 5.73 Å².